The van der Waals surface area contributed by atoms with E-state index in [4.69, 9.17) is 4.74 Å². The molecule has 24 heavy (non-hydrogen) atoms. The molecule has 0 aromatic heterocycles. The van der Waals surface area contributed by atoms with Gasteiger partial charge in [-0.15, -0.1) is 0 Å². The van der Waals surface area contributed by atoms with Gasteiger partial charge in [0.05, 0.1) is 13.0 Å². The molecule has 2 rings (SSSR count). The van der Waals surface area contributed by atoms with Gasteiger partial charge in [-0.25, -0.2) is 0 Å². The summed E-state index contributed by atoms with van der Waals surface area (Å²) >= 11 is 0. The summed E-state index contributed by atoms with van der Waals surface area (Å²) in [7, 11) is 0. The molecule has 0 amide bonds. The maximum Gasteiger partial charge on any atom is 0.306 e. The first-order chi connectivity index (χ1) is 11.7. The smallest absolute Gasteiger partial charge is 0.306 e. The van der Waals surface area contributed by atoms with Crippen LogP contribution in [0, 0.1) is 5.92 Å². The fourth-order valence-corrected chi connectivity index (χ4v) is 2.54. The first-order valence-corrected chi connectivity index (χ1v) is 8.48. The molecule has 1 atom stereocenters. The summed E-state index contributed by atoms with van der Waals surface area (Å²) in [5.74, 6) is -0.622. The number of unbranched alkanes of at least 4 members (excludes halogenated alkanes) is 1. The van der Waals surface area contributed by atoms with Crippen LogP contribution in [0.4, 0.5) is 0 Å². The number of esters is 1. The molecule has 0 bridgehead atoms. The second kappa shape index (κ2) is 9.66. The van der Waals surface area contributed by atoms with Crippen molar-refractivity contribution in [2.75, 3.05) is 6.61 Å². The zero-order valence-electron chi connectivity index (χ0n) is 14.1. The first kappa shape index (κ1) is 17.9. The lowest BCUT2D eigenvalue weighted by Crippen LogP contribution is -2.15. The Kier molecular flexibility index (Phi) is 7.21. The monoisotopic (exact) mass is 324 g/mol. The molecule has 0 unspecified atom stereocenters. The van der Waals surface area contributed by atoms with E-state index in [-0.39, 0.29) is 18.3 Å². The highest BCUT2D eigenvalue weighted by Gasteiger charge is 2.15. The van der Waals surface area contributed by atoms with Crippen molar-refractivity contribution in [3.05, 3.63) is 60.2 Å². The van der Waals surface area contributed by atoms with Gasteiger partial charge in [-0.2, -0.15) is 0 Å². The summed E-state index contributed by atoms with van der Waals surface area (Å²) in [6.07, 6.45) is 3.40. The fourth-order valence-electron chi connectivity index (χ4n) is 2.54. The van der Waals surface area contributed by atoms with E-state index in [0.717, 1.165) is 35.8 Å². The lowest BCUT2D eigenvalue weighted by Gasteiger charge is -2.11. The number of benzene rings is 2. The van der Waals surface area contributed by atoms with Gasteiger partial charge in [-0.1, -0.05) is 67.9 Å². The zero-order chi connectivity index (χ0) is 17.2. The van der Waals surface area contributed by atoms with Gasteiger partial charge in [0.1, 0.15) is 6.29 Å². The molecule has 3 heteroatoms. The quantitative estimate of drug-likeness (QED) is 0.389. The number of carbonyl (C=O) groups is 2. The molecule has 0 saturated carbocycles. The van der Waals surface area contributed by atoms with Crippen LogP contribution in [0.1, 0.15) is 31.7 Å². The lowest BCUT2D eigenvalue weighted by atomic mass is 9.96. The molecule has 0 aliphatic carbocycles. The van der Waals surface area contributed by atoms with E-state index < -0.39 is 0 Å². The van der Waals surface area contributed by atoms with Gasteiger partial charge in [-0.05, 0) is 29.5 Å². The van der Waals surface area contributed by atoms with Crippen LogP contribution in [0.3, 0.4) is 0 Å². The van der Waals surface area contributed by atoms with E-state index in [0.29, 0.717) is 13.0 Å². The van der Waals surface area contributed by atoms with E-state index in [9.17, 15) is 9.59 Å². The maximum absolute atomic E-state index is 11.7. The van der Waals surface area contributed by atoms with Gasteiger partial charge in [0, 0.05) is 5.92 Å². The molecule has 3 nitrogen and oxygen atoms in total. The van der Waals surface area contributed by atoms with E-state index in [1.807, 2.05) is 49.4 Å². The molecule has 0 spiro atoms. The van der Waals surface area contributed by atoms with Gasteiger partial charge >= 0.3 is 5.97 Å². The standard InChI is InChI=1S/C21H24O3/c1-2-3-13-24-21(23)15-18(16-22)14-17-9-11-20(12-10-17)19-7-5-4-6-8-19/h4-12,16,18H,2-3,13-15H2,1H3/t18-/m0/s1. The summed E-state index contributed by atoms with van der Waals surface area (Å²) in [5.41, 5.74) is 3.35. The van der Waals surface area contributed by atoms with Crippen LogP contribution in [0.15, 0.2) is 54.6 Å². The Hall–Kier alpha value is -2.42. The minimum atomic E-state index is -0.332. The molecule has 0 fully saturated rings. The molecular weight excluding hydrogens is 300 g/mol. The first-order valence-electron chi connectivity index (χ1n) is 8.48. The van der Waals surface area contributed by atoms with Gasteiger partial charge < -0.3 is 9.53 Å². The molecule has 2 aromatic rings. The van der Waals surface area contributed by atoms with Crippen molar-refractivity contribution in [2.45, 2.75) is 32.6 Å². The van der Waals surface area contributed by atoms with E-state index in [2.05, 4.69) is 12.1 Å². The molecule has 126 valence electrons. The van der Waals surface area contributed by atoms with Crippen molar-refractivity contribution in [3.8, 4) is 11.1 Å². The van der Waals surface area contributed by atoms with Crippen LogP contribution in [-0.4, -0.2) is 18.9 Å². The molecular formula is C21H24O3. The maximum atomic E-state index is 11.7. The van der Waals surface area contributed by atoms with Crippen molar-refractivity contribution >= 4 is 12.3 Å². The Morgan fingerprint density at radius 1 is 1.04 bits per heavy atom. The molecule has 0 saturated heterocycles. The van der Waals surface area contributed by atoms with Crippen LogP contribution in [-0.2, 0) is 20.7 Å². The van der Waals surface area contributed by atoms with Crippen molar-refractivity contribution in [1.82, 2.24) is 0 Å². The molecule has 2 aromatic carbocycles. The number of hydrogen-bond donors (Lipinski definition) is 0. The molecule has 0 aliphatic heterocycles. The van der Waals surface area contributed by atoms with E-state index >= 15 is 0 Å². The Balaban J connectivity index is 1.91. The molecule has 0 N–H and O–H groups in total. The topological polar surface area (TPSA) is 43.4 Å². The second-order valence-corrected chi connectivity index (χ2v) is 5.94. The highest BCUT2D eigenvalue weighted by atomic mass is 16.5. The summed E-state index contributed by atoms with van der Waals surface area (Å²) in [6, 6.07) is 18.3. The summed E-state index contributed by atoms with van der Waals surface area (Å²) in [6.45, 7) is 2.48. The average molecular weight is 324 g/mol. The van der Waals surface area contributed by atoms with Crippen molar-refractivity contribution in [1.29, 1.82) is 0 Å². The Labute approximate surface area is 143 Å². The average Bonchev–Trinajstić information content (AvgIpc) is 2.62. The fraction of sp³-hybridized carbons (Fsp3) is 0.333. The van der Waals surface area contributed by atoms with Crippen molar-refractivity contribution in [3.63, 3.8) is 0 Å². The van der Waals surface area contributed by atoms with Gasteiger partial charge in [0.25, 0.3) is 0 Å². The SMILES string of the molecule is CCCCOC(=O)C[C@@H](C=O)Cc1ccc(-c2ccccc2)cc1. The number of rotatable bonds is 9. The predicted octanol–water partition coefficient (Wildman–Crippen LogP) is 4.44. The van der Waals surface area contributed by atoms with Crippen molar-refractivity contribution < 1.29 is 14.3 Å². The largest absolute Gasteiger partial charge is 0.466 e. The molecule has 0 heterocycles. The van der Waals surface area contributed by atoms with Gasteiger partial charge in [-0.3, -0.25) is 4.79 Å². The summed E-state index contributed by atoms with van der Waals surface area (Å²) < 4.78 is 5.13. The van der Waals surface area contributed by atoms with Crippen LogP contribution < -0.4 is 0 Å². The van der Waals surface area contributed by atoms with E-state index in [1.54, 1.807) is 0 Å². The van der Waals surface area contributed by atoms with Gasteiger partial charge in [0.2, 0.25) is 0 Å². The van der Waals surface area contributed by atoms with E-state index in [1.165, 1.54) is 0 Å². The summed E-state index contributed by atoms with van der Waals surface area (Å²) in [4.78, 5) is 23.0. The molecule has 0 radical (unpaired) electrons. The number of carbonyl (C=O) groups excluding carboxylic acids is 2. The molecule has 0 aliphatic rings. The minimum absolute atomic E-state index is 0.146. The predicted molar refractivity (Wildman–Crippen MR) is 95.6 cm³/mol. The highest BCUT2D eigenvalue weighted by molar-refractivity contribution is 5.74. The third-order valence-corrected chi connectivity index (χ3v) is 3.94. The van der Waals surface area contributed by atoms with Crippen LogP contribution in [0.25, 0.3) is 11.1 Å². The lowest BCUT2D eigenvalue weighted by molar-refractivity contribution is -0.145. The van der Waals surface area contributed by atoms with Crippen molar-refractivity contribution in [2.24, 2.45) is 5.92 Å². The Morgan fingerprint density at radius 3 is 2.33 bits per heavy atom. The van der Waals surface area contributed by atoms with Crippen LogP contribution in [0.5, 0.6) is 0 Å². The van der Waals surface area contributed by atoms with Crippen LogP contribution >= 0.6 is 0 Å². The van der Waals surface area contributed by atoms with Gasteiger partial charge in [0.15, 0.2) is 0 Å². The summed E-state index contributed by atoms with van der Waals surface area (Å²) in [5, 5.41) is 0. The minimum Gasteiger partial charge on any atom is -0.466 e. The number of ether oxygens (including phenoxy) is 1. The Bertz CT molecular complexity index is 632. The highest BCUT2D eigenvalue weighted by Crippen LogP contribution is 2.20. The zero-order valence-corrected chi connectivity index (χ0v) is 14.1. The normalized spacial score (nSPS) is 11.7. The second-order valence-electron chi connectivity index (χ2n) is 5.94. The van der Waals surface area contributed by atoms with Crippen LogP contribution in [0.2, 0.25) is 0 Å². The third kappa shape index (κ3) is 5.65. The Morgan fingerprint density at radius 2 is 1.71 bits per heavy atom. The number of hydrogen-bond acceptors (Lipinski definition) is 3. The number of aldehydes is 1. The third-order valence-electron chi connectivity index (χ3n) is 3.94.